The number of nitrogens with one attached hydrogen (secondary N) is 2. The second-order valence-corrected chi connectivity index (χ2v) is 8.91. The van der Waals surface area contributed by atoms with E-state index in [0.29, 0.717) is 34.2 Å². The molecule has 1 atom stereocenters. The van der Waals surface area contributed by atoms with Gasteiger partial charge in [-0.05, 0) is 74.6 Å². The summed E-state index contributed by atoms with van der Waals surface area (Å²) in [6, 6.07) is 22.2. The molecule has 0 saturated carbocycles. The summed E-state index contributed by atoms with van der Waals surface area (Å²) < 4.78 is 0. The SMILES string of the molecule is CN(C)CCCNC(=O)c1ccc(N=C(c2ccccc2)C2C(=O)Nc3cc(Cl)ccc32)cc1. The molecule has 2 amide bonds. The van der Waals surface area contributed by atoms with Crippen molar-refractivity contribution in [2.45, 2.75) is 12.3 Å². The van der Waals surface area contributed by atoms with Crippen molar-refractivity contribution in [3.05, 3.63) is 94.5 Å². The summed E-state index contributed by atoms with van der Waals surface area (Å²) in [4.78, 5) is 32.4. The number of hydrogen-bond donors (Lipinski definition) is 2. The number of anilines is 1. The van der Waals surface area contributed by atoms with E-state index < -0.39 is 5.92 Å². The van der Waals surface area contributed by atoms with Crippen LogP contribution >= 0.6 is 11.6 Å². The van der Waals surface area contributed by atoms with Gasteiger partial charge in [0, 0.05) is 22.8 Å². The Bertz CT molecular complexity index is 1210. The normalized spacial score (nSPS) is 15.2. The summed E-state index contributed by atoms with van der Waals surface area (Å²) in [5.41, 5.74) is 4.27. The molecule has 1 heterocycles. The van der Waals surface area contributed by atoms with E-state index in [1.165, 1.54) is 0 Å². The first kappa shape index (κ1) is 23.7. The van der Waals surface area contributed by atoms with Crippen LogP contribution in [0.3, 0.4) is 0 Å². The fourth-order valence-electron chi connectivity index (χ4n) is 3.94. The third kappa shape index (κ3) is 5.53. The molecule has 174 valence electrons. The average Bonchev–Trinajstić information content (AvgIpc) is 3.15. The highest BCUT2D eigenvalue weighted by Crippen LogP contribution is 2.37. The molecule has 4 rings (SSSR count). The van der Waals surface area contributed by atoms with Crippen LogP contribution in [-0.4, -0.2) is 49.6 Å². The molecule has 6 nitrogen and oxygen atoms in total. The number of rotatable bonds is 8. The zero-order chi connectivity index (χ0) is 24.1. The van der Waals surface area contributed by atoms with Gasteiger partial charge in [0.25, 0.3) is 5.91 Å². The lowest BCUT2D eigenvalue weighted by molar-refractivity contribution is -0.115. The molecule has 0 saturated heterocycles. The molecule has 0 bridgehead atoms. The van der Waals surface area contributed by atoms with Crippen molar-refractivity contribution < 1.29 is 9.59 Å². The molecule has 0 aromatic heterocycles. The average molecular weight is 475 g/mol. The lowest BCUT2D eigenvalue weighted by Gasteiger charge is -2.14. The van der Waals surface area contributed by atoms with E-state index >= 15 is 0 Å². The van der Waals surface area contributed by atoms with E-state index in [-0.39, 0.29) is 11.8 Å². The first-order valence-electron chi connectivity index (χ1n) is 11.2. The second-order valence-electron chi connectivity index (χ2n) is 8.48. The molecule has 1 unspecified atom stereocenters. The second kappa shape index (κ2) is 10.6. The van der Waals surface area contributed by atoms with Crippen molar-refractivity contribution in [3.63, 3.8) is 0 Å². The van der Waals surface area contributed by atoms with Crippen LogP contribution in [0.5, 0.6) is 0 Å². The van der Waals surface area contributed by atoms with E-state index in [1.807, 2.05) is 50.5 Å². The highest BCUT2D eigenvalue weighted by atomic mass is 35.5. The highest BCUT2D eigenvalue weighted by Gasteiger charge is 2.35. The maximum absolute atomic E-state index is 13.0. The first-order chi connectivity index (χ1) is 16.4. The Labute approximate surface area is 204 Å². The van der Waals surface area contributed by atoms with Crippen molar-refractivity contribution in [3.8, 4) is 0 Å². The molecule has 1 aliphatic rings. The van der Waals surface area contributed by atoms with E-state index in [0.717, 1.165) is 24.1 Å². The highest BCUT2D eigenvalue weighted by molar-refractivity contribution is 6.31. The number of hydrogen-bond acceptors (Lipinski definition) is 4. The number of fused-ring (bicyclic) bond motifs is 1. The van der Waals surface area contributed by atoms with Crippen LogP contribution in [0.1, 0.15) is 33.8 Å². The minimum atomic E-state index is -0.561. The lowest BCUT2D eigenvalue weighted by Crippen LogP contribution is -2.27. The molecule has 0 radical (unpaired) electrons. The fourth-order valence-corrected chi connectivity index (χ4v) is 4.11. The zero-order valence-electron chi connectivity index (χ0n) is 19.2. The summed E-state index contributed by atoms with van der Waals surface area (Å²) in [7, 11) is 4.02. The number of nitrogens with zero attached hydrogens (tertiary/aromatic N) is 2. The van der Waals surface area contributed by atoms with Crippen molar-refractivity contribution >= 4 is 40.5 Å². The van der Waals surface area contributed by atoms with Crippen molar-refractivity contribution in [2.24, 2.45) is 4.99 Å². The number of aliphatic imine (C=N–C) groups is 1. The van der Waals surface area contributed by atoms with E-state index in [9.17, 15) is 9.59 Å². The van der Waals surface area contributed by atoms with Gasteiger partial charge in [-0.2, -0.15) is 0 Å². The predicted molar refractivity (Wildman–Crippen MR) is 137 cm³/mol. The number of halogens is 1. The molecule has 2 N–H and O–H groups in total. The van der Waals surface area contributed by atoms with E-state index in [1.54, 1.807) is 36.4 Å². The Kier molecular flexibility index (Phi) is 7.40. The Balaban J connectivity index is 1.60. The molecule has 3 aromatic carbocycles. The third-order valence-electron chi connectivity index (χ3n) is 5.64. The van der Waals surface area contributed by atoms with E-state index in [2.05, 4.69) is 15.5 Å². The number of carbonyl (C=O) groups is 2. The van der Waals surface area contributed by atoms with Gasteiger partial charge >= 0.3 is 0 Å². The van der Waals surface area contributed by atoms with Gasteiger partial charge in [-0.3, -0.25) is 14.6 Å². The monoisotopic (exact) mass is 474 g/mol. The number of benzene rings is 3. The molecular weight excluding hydrogens is 448 g/mol. The van der Waals surface area contributed by atoms with Crippen LogP contribution in [0, 0.1) is 0 Å². The molecule has 34 heavy (non-hydrogen) atoms. The largest absolute Gasteiger partial charge is 0.352 e. The maximum atomic E-state index is 13.0. The van der Waals surface area contributed by atoms with Gasteiger partial charge in [0.1, 0.15) is 5.92 Å². The third-order valence-corrected chi connectivity index (χ3v) is 5.87. The quantitative estimate of drug-likeness (QED) is 0.361. The van der Waals surface area contributed by atoms with Gasteiger partial charge in [-0.1, -0.05) is 48.0 Å². The first-order valence-corrected chi connectivity index (χ1v) is 11.6. The molecule has 7 heteroatoms. The lowest BCUT2D eigenvalue weighted by atomic mass is 9.90. The van der Waals surface area contributed by atoms with Crippen LogP contribution < -0.4 is 10.6 Å². The predicted octanol–water partition coefficient (Wildman–Crippen LogP) is 4.88. The summed E-state index contributed by atoms with van der Waals surface area (Å²) in [5, 5.41) is 6.42. The number of amides is 2. The molecule has 0 spiro atoms. The van der Waals surface area contributed by atoms with Crippen LogP contribution in [-0.2, 0) is 4.79 Å². The van der Waals surface area contributed by atoms with E-state index in [4.69, 9.17) is 16.6 Å². The summed E-state index contributed by atoms with van der Waals surface area (Å²) in [6.45, 7) is 1.54. The Morgan fingerprint density at radius 3 is 2.47 bits per heavy atom. The summed E-state index contributed by atoms with van der Waals surface area (Å²) in [6.07, 6.45) is 0.887. The van der Waals surface area contributed by atoms with Crippen molar-refractivity contribution in [1.82, 2.24) is 10.2 Å². The standard InChI is InChI=1S/C27H27ClN4O2/c1-32(2)16-6-15-29-26(33)19-9-12-21(13-10-19)30-25(18-7-4-3-5-8-18)24-22-14-11-20(28)17-23(22)31-27(24)34/h3-5,7-14,17,24H,6,15-16H2,1-2H3,(H,29,33)(H,31,34). The Hall–Kier alpha value is -3.48. The van der Waals surface area contributed by atoms with Gasteiger partial charge in [-0.15, -0.1) is 0 Å². The van der Waals surface area contributed by atoms with Gasteiger partial charge in [0.2, 0.25) is 5.91 Å². The molecule has 3 aromatic rings. The maximum Gasteiger partial charge on any atom is 0.251 e. The fraction of sp³-hybridized carbons (Fsp3) is 0.222. The summed E-state index contributed by atoms with van der Waals surface area (Å²) in [5.74, 6) is -0.818. The summed E-state index contributed by atoms with van der Waals surface area (Å²) >= 11 is 6.12. The van der Waals surface area contributed by atoms with Crippen molar-refractivity contribution in [2.75, 3.05) is 32.5 Å². The van der Waals surface area contributed by atoms with Gasteiger partial charge in [-0.25, -0.2) is 0 Å². The topological polar surface area (TPSA) is 73.8 Å². The van der Waals surface area contributed by atoms with Crippen LogP contribution in [0.25, 0.3) is 0 Å². The van der Waals surface area contributed by atoms with Crippen LogP contribution in [0.2, 0.25) is 5.02 Å². The van der Waals surface area contributed by atoms with Gasteiger partial charge in [0.05, 0.1) is 11.4 Å². The van der Waals surface area contributed by atoms with Crippen LogP contribution in [0.15, 0.2) is 77.8 Å². The molecule has 1 aliphatic heterocycles. The minimum Gasteiger partial charge on any atom is -0.352 e. The molecule has 0 fully saturated rings. The number of carbonyl (C=O) groups excluding carboxylic acids is 2. The Morgan fingerprint density at radius 1 is 1.03 bits per heavy atom. The van der Waals surface area contributed by atoms with Crippen molar-refractivity contribution in [1.29, 1.82) is 0 Å². The zero-order valence-corrected chi connectivity index (χ0v) is 20.0. The molecular formula is C27H27ClN4O2. The smallest absolute Gasteiger partial charge is 0.251 e. The minimum absolute atomic E-state index is 0.112. The van der Waals surface area contributed by atoms with Crippen LogP contribution in [0.4, 0.5) is 11.4 Å². The van der Waals surface area contributed by atoms with Gasteiger partial charge < -0.3 is 15.5 Å². The Morgan fingerprint density at radius 2 is 1.76 bits per heavy atom. The molecule has 0 aliphatic carbocycles. The van der Waals surface area contributed by atoms with Gasteiger partial charge in [0.15, 0.2) is 0 Å².